The van der Waals surface area contributed by atoms with E-state index >= 15 is 0 Å². The van der Waals surface area contributed by atoms with E-state index in [1.807, 2.05) is 25.1 Å². The van der Waals surface area contributed by atoms with Crippen molar-refractivity contribution in [3.8, 4) is 5.88 Å². The number of ether oxygens (including phenoxy) is 2. The second-order valence-corrected chi connectivity index (χ2v) is 6.13. The normalized spacial score (nSPS) is 11.7. The van der Waals surface area contributed by atoms with E-state index in [1.165, 1.54) is 0 Å². The van der Waals surface area contributed by atoms with Crippen molar-refractivity contribution >= 4 is 21.6 Å². The Bertz CT molecular complexity index is 688. The molecule has 0 aliphatic heterocycles. The summed E-state index contributed by atoms with van der Waals surface area (Å²) < 4.78 is 16.3. The molecular weight excluding hydrogens is 378 g/mol. The summed E-state index contributed by atoms with van der Waals surface area (Å²) in [6.07, 6.45) is 2.08. The largest absolute Gasteiger partial charge is 0.474 e. The number of hydrogen-bond acceptors (Lipinski definition) is 7. The average molecular weight is 398 g/mol. The molecule has 8 heteroatoms. The van der Waals surface area contributed by atoms with Crippen molar-refractivity contribution < 1.29 is 19.3 Å². The van der Waals surface area contributed by atoms with Crippen LogP contribution in [0.4, 0.5) is 0 Å². The molecule has 130 valence electrons. The van der Waals surface area contributed by atoms with E-state index in [1.54, 1.807) is 7.11 Å². The van der Waals surface area contributed by atoms with Crippen molar-refractivity contribution in [2.75, 3.05) is 20.3 Å². The zero-order chi connectivity index (χ0) is 17.4. The molecule has 0 radical (unpaired) electrons. The van der Waals surface area contributed by atoms with Crippen LogP contribution in [0, 0.1) is 6.92 Å². The number of oxime groups is 1. The molecule has 0 aliphatic rings. The summed E-state index contributed by atoms with van der Waals surface area (Å²) >= 11 is 3.49. The number of unbranched alkanes of at least 4 members (excludes halogenated alkanes) is 1. The van der Waals surface area contributed by atoms with Gasteiger partial charge < -0.3 is 14.7 Å². The van der Waals surface area contributed by atoms with Crippen LogP contribution in [0.3, 0.4) is 0 Å². The first-order valence-corrected chi connectivity index (χ1v) is 8.35. The lowest BCUT2D eigenvalue weighted by Crippen LogP contribution is -2.10. The Morgan fingerprint density at radius 3 is 2.79 bits per heavy atom. The second kappa shape index (κ2) is 9.39. The summed E-state index contributed by atoms with van der Waals surface area (Å²) in [5.74, 6) is 0.228. The quantitative estimate of drug-likeness (QED) is 0.302. The molecule has 0 spiro atoms. The highest BCUT2D eigenvalue weighted by atomic mass is 79.9. The molecule has 1 aromatic heterocycles. The fraction of sp³-hybridized carbons (Fsp3) is 0.438. The minimum Gasteiger partial charge on any atom is -0.474 e. The molecular formula is C16H20BrN3O4. The average Bonchev–Trinajstić information content (AvgIpc) is 3.04. The van der Waals surface area contributed by atoms with Gasteiger partial charge in [0.05, 0.1) is 6.61 Å². The van der Waals surface area contributed by atoms with Crippen LogP contribution >= 0.6 is 15.9 Å². The number of rotatable bonds is 9. The van der Waals surface area contributed by atoms with E-state index in [0.29, 0.717) is 31.0 Å². The van der Waals surface area contributed by atoms with Gasteiger partial charge in [-0.2, -0.15) is 0 Å². The number of hydrogen-bond donors (Lipinski definition) is 1. The Kier molecular flexibility index (Phi) is 7.20. The molecule has 0 bridgehead atoms. The predicted molar refractivity (Wildman–Crippen MR) is 91.8 cm³/mol. The fourth-order valence-electron chi connectivity index (χ4n) is 2.07. The molecule has 0 saturated carbocycles. The van der Waals surface area contributed by atoms with Crippen LogP contribution in [-0.2, 0) is 11.2 Å². The van der Waals surface area contributed by atoms with Gasteiger partial charge in [-0.25, -0.2) is 4.63 Å². The molecule has 0 fully saturated rings. The number of halogens is 1. The Morgan fingerprint density at radius 2 is 2.08 bits per heavy atom. The lowest BCUT2D eigenvalue weighted by molar-refractivity contribution is 0.181. The topological polar surface area (TPSA) is 90.0 Å². The number of aryl methyl sites for hydroxylation is 1. The summed E-state index contributed by atoms with van der Waals surface area (Å²) in [7, 11) is 1.66. The van der Waals surface area contributed by atoms with Crippen molar-refractivity contribution in [2.45, 2.75) is 26.2 Å². The van der Waals surface area contributed by atoms with Crippen molar-refractivity contribution in [3.63, 3.8) is 0 Å². The molecule has 2 aromatic rings. The third-order valence-corrected chi connectivity index (χ3v) is 4.30. The Morgan fingerprint density at radius 1 is 1.29 bits per heavy atom. The maximum Gasteiger partial charge on any atom is 0.285 e. The molecule has 2 rings (SSSR count). The smallest absolute Gasteiger partial charge is 0.285 e. The van der Waals surface area contributed by atoms with Gasteiger partial charge in [-0.05, 0) is 47.3 Å². The lowest BCUT2D eigenvalue weighted by atomic mass is 10.1. The van der Waals surface area contributed by atoms with Gasteiger partial charge in [0, 0.05) is 24.6 Å². The van der Waals surface area contributed by atoms with Crippen LogP contribution in [0.5, 0.6) is 5.88 Å². The van der Waals surface area contributed by atoms with Crippen molar-refractivity contribution in [2.24, 2.45) is 5.16 Å². The third kappa shape index (κ3) is 5.04. The summed E-state index contributed by atoms with van der Waals surface area (Å²) in [4.78, 5) is 0. The summed E-state index contributed by atoms with van der Waals surface area (Å²) in [6, 6.07) is 5.92. The number of benzene rings is 1. The summed E-state index contributed by atoms with van der Waals surface area (Å²) in [5.41, 5.74) is 2.73. The molecule has 0 aliphatic carbocycles. The van der Waals surface area contributed by atoms with Crippen molar-refractivity contribution in [1.82, 2.24) is 10.3 Å². The second-order valence-electron chi connectivity index (χ2n) is 5.27. The molecule has 1 aromatic carbocycles. The number of nitrogens with zero attached hydrogens (tertiary/aromatic N) is 3. The number of aromatic nitrogens is 2. The van der Waals surface area contributed by atoms with Gasteiger partial charge in [0.1, 0.15) is 5.71 Å². The molecule has 1 heterocycles. The Balaban J connectivity index is 2.03. The highest BCUT2D eigenvalue weighted by Gasteiger charge is 2.19. The van der Waals surface area contributed by atoms with Gasteiger partial charge in [0.2, 0.25) is 0 Å². The lowest BCUT2D eigenvalue weighted by Gasteiger charge is -2.06. The SMILES string of the molecule is COCCCCOc1nonc1/C(Cc1ccc(C)c(Br)c1)=N/O. The van der Waals surface area contributed by atoms with E-state index in [9.17, 15) is 5.21 Å². The molecule has 24 heavy (non-hydrogen) atoms. The van der Waals surface area contributed by atoms with Crippen LogP contribution in [0.25, 0.3) is 0 Å². The van der Waals surface area contributed by atoms with E-state index < -0.39 is 0 Å². The number of methoxy groups -OCH3 is 1. The highest BCUT2D eigenvalue weighted by Crippen LogP contribution is 2.21. The van der Waals surface area contributed by atoms with Gasteiger partial charge in [-0.3, -0.25) is 0 Å². The van der Waals surface area contributed by atoms with E-state index in [-0.39, 0.29) is 5.88 Å². The molecule has 1 N–H and O–H groups in total. The zero-order valence-corrected chi connectivity index (χ0v) is 15.2. The highest BCUT2D eigenvalue weighted by molar-refractivity contribution is 9.10. The maximum atomic E-state index is 9.34. The summed E-state index contributed by atoms with van der Waals surface area (Å²) in [6.45, 7) is 3.14. The zero-order valence-electron chi connectivity index (χ0n) is 13.7. The first-order chi connectivity index (χ1) is 11.7. The van der Waals surface area contributed by atoms with Crippen LogP contribution in [0.15, 0.2) is 32.5 Å². The van der Waals surface area contributed by atoms with Gasteiger partial charge in [0.15, 0.2) is 5.69 Å². The first-order valence-electron chi connectivity index (χ1n) is 7.56. The molecule has 0 atom stereocenters. The predicted octanol–water partition coefficient (Wildman–Crippen LogP) is 3.37. The molecule has 0 saturated heterocycles. The van der Waals surface area contributed by atoms with E-state index in [4.69, 9.17) is 14.1 Å². The van der Waals surface area contributed by atoms with Crippen LogP contribution in [-0.4, -0.2) is 41.6 Å². The standard InChI is InChI=1S/C16H20BrN3O4/c1-11-5-6-12(9-13(11)17)10-14(18-21)15-16(20-24-19-15)23-8-4-3-7-22-2/h5-6,9,21H,3-4,7-8,10H2,1-2H3/b18-14+. The molecule has 7 nitrogen and oxygen atoms in total. The van der Waals surface area contributed by atoms with Crippen LogP contribution in [0.1, 0.15) is 29.7 Å². The first kappa shape index (κ1) is 18.4. The fourth-order valence-corrected chi connectivity index (χ4v) is 2.50. The van der Waals surface area contributed by atoms with Gasteiger partial charge in [-0.1, -0.05) is 33.2 Å². The third-order valence-electron chi connectivity index (χ3n) is 3.44. The monoisotopic (exact) mass is 397 g/mol. The van der Waals surface area contributed by atoms with Gasteiger partial charge in [0.25, 0.3) is 5.88 Å². The van der Waals surface area contributed by atoms with Gasteiger partial charge in [-0.15, -0.1) is 0 Å². The molecule has 0 unspecified atom stereocenters. The molecule has 0 amide bonds. The Labute approximate surface area is 148 Å². The van der Waals surface area contributed by atoms with Crippen molar-refractivity contribution in [1.29, 1.82) is 0 Å². The minimum atomic E-state index is 0.228. The van der Waals surface area contributed by atoms with Crippen LogP contribution in [0.2, 0.25) is 0 Å². The van der Waals surface area contributed by atoms with Crippen molar-refractivity contribution in [3.05, 3.63) is 39.5 Å². The van der Waals surface area contributed by atoms with E-state index in [2.05, 4.69) is 31.4 Å². The summed E-state index contributed by atoms with van der Waals surface area (Å²) in [5, 5.41) is 20.2. The van der Waals surface area contributed by atoms with Crippen LogP contribution < -0.4 is 4.74 Å². The Hall–Kier alpha value is -1.93. The van der Waals surface area contributed by atoms with E-state index in [0.717, 1.165) is 28.4 Å². The van der Waals surface area contributed by atoms with Gasteiger partial charge >= 0.3 is 0 Å². The maximum absolute atomic E-state index is 9.34. The minimum absolute atomic E-state index is 0.228.